The Kier molecular flexibility index (Phi) is 4.78. The van der Waals surface area contributed by atoms with Gasteiger partial charge in [-0.3, -0.25) is 4.79 Å². The van der Waals surface area contributed by atoms with Crippen molar-refractivity contribution < 1.29 is 22.7 Å². The number of carbonyl (C=O) groups excluding carboxylic acids is 1. The average Bonchev–Trinajstić information content (AvgIpc) is 2.86. The molecule has 2 rings (SSSR count). The normalized spacial score (nSPS) is 15.2. The lowest BCUT2D eigenvalue weighted by Crippen LogP contribution is -2.23. The zero-order chi connectivity index (χ0) is 15.6. The highest BCUT2D eigenvalue weighted by Gasteiger charge is 2.27. The molecule has 1 aromatic carbocycles. The van der Waals surface area contributed by atoms with Gasteiger partial charge in [-0.05, 0) is 24.6 Å². The van der Waals surface area contributed by atoms with Crippen molar-refractivity contribution in [3.8, 4) is 5.75 Å². The Morgan fingerprint density at radius 2 is 2.19 bits per heavy atom. The highest BCUT2D eigenvalue weighted by atomic mass is 35.5. The molecular formula is C14H17ClO5S. The summed E-state index contributed by atoms with van der Waals surface area (Å²) in [7, 11) is -2.26. The molecule has 1 aliphatic heterocycles. The van der Waals surface area contributed by atoms with Crippen LogP contribution in [0.15, 0.2) is 12.1 Å². The lowest BCUT2D eigenvalue weighted by Gasteiger charge is -2.14. The molecule has 1 aromatic rings. The zero-order valence-corrected chi connectivity index (χ0v) is 13.5. The molecule has 1 atom stereocenters. The summed E-state index contributed by atoms with van der Waals surface area (Å²) >= 11 is 6.02. The molecule has 0 aliphatic carbocycles. The highest BCUT2D eigenvalue weighted by molar-refractivity contribution is 7.91. The fraction of sp³-hybridized carbons (Fsp3) is 0.500. The molecule has 0 bridgehead atoms. The number of carbonyl (C=O) groups is 1. The number of methoxy groups -OCH3 is 1. The number of benzene rings is 1. The Bertz CT molecular complexity index is 654. The molecule has 0 N–H and O–H groups in total. The van der Waals surface area contributed by atoms with Gasteiger partial charge in [0.05, 0.1) is 31.1 Å². The van der Waals surface area contributed by atoms with Crippen molar-refractivity contribution in [2.45, 2.75) is 30.8 Å². The number of halogens is 1. The number of sulfone groups is 1. The summed E-state index contributed by atoms with van der Waals surface area (Å²) in [4.78, 5) is 11.2. The van der Waals surface area contributed by atoms with E-state index in [1.807, 2.05) is 0 Å². The molecule has 7 heteroatoms. The van der Waals surface area contributed by atoms with Crippen LogP contribution in [0.1, 0.15) is 24.5 Å². The van der Waals surface area contributed by atoms with E-state index in [9.17, 15) is 13.2 Å². The number of hydrogen-bond donors (Lipinski definition) is 0. The Morgan fingerprint density at radius 1 is 1.48 bits per heavy atom. The molecule has 116 valence electrons. The third-order valence-electron chi connectivity index (χ3n) is 3.48. The Morgan fingerprint density at radius 3 is 2.86 bits per heavy atom. The maximum atomic E-state index is 12.4. The second kappa shape index (κ2) is 6.23. The van der Waals surface area contributed by atoms with Crippen molar-refractivity contribution in [1.82, 2.24) is 0 Å². The molecule has 0 fully saturated rings. The Labute approximate surface area is 129 Å². The van der Waals surface area contributed by atoms with Gasteiger partial charge >= 0.3 is 5.97 Å². The number of ether oxygens (including phenoxy) is 2. The van der Waals surface area contributed by atoms with E-state index in [-0.39, 0.29) is 12.2 Å². The minimum Gasteiger partial charge on any atom is -0.493 e. The molecule has 5 nitrogen and oxygen atoms in total. The van der Waals surface area contributed by atoms with E-state index in [4.69, 9.17) is 16.3 Å². The summed E-state index contributed by atoms with van der Waals surface area (Å²) in [5.41, 5.74) is 1.47. The summed E-state index contributed by atoms with van der Waals surface area (Å²) in [6.45, 7) is 2.03. The number of hydrogen-bond acceptors (Lipinski definition) is 5. The lowest BCUT2D eigenvalue weighted by atomic mass is 10.1. The molecule has 0 radical (unpaired) electrons. The zero-order valence-electron chi connectivity index (χ0n) is 11.9. The minimum atomic E-state index is -3.50. The van der Waals surface area contributed by atoms with Gasteiger partial charge in [-0.1, -0.05) is 11.6 Å². The van der Waals surface area contributed by atoms with E-state index in [0.29, 0.717) is 22.9 Å². The number of esters is 1. The van der Waals surface area contributed by atoms with Gasteiger partial charge in [-0.2, -0.15) is 0 Å². The molecule has 1 heterocycles. The quantitative estimate of drug-likeness (QED) is 0.773. The van der Waals surface area contributed by atoms with Crippen LogP contribution in [0.5, 0.6) is 5.75 Å². The van der Waals surface area contributed by atoms with Crippen LogP contribution >= 0.6 is 11.6 Å². The first-order valence-corrected chi connectivity index (χ1v) is 8.65. The van der Waals surface area contributed by atoms with Gasteiger partial charge in [0.1, 0.15) is 5.75 Å². The van der Waals surface area contributed by atoms with Gasteiger partial charge in [-0.25, -0.2) is 8.42 Å². The van der Waals surface area contributed by atoms with Gasteiger partial charge in [0.15, 0.2) is 9.84 Å². The van der Waals surface area contributed by atoms with Crippen LogP contribution in [0.3, 0.4) is 0 Å². The van der Waals surface area contributed by atoms with E-state index >= 15 is 0 Å². The monoisotopic (exact) mass is 332 g/mol. The maximum absolute atomic E-state index is 12.4. The predicted molar refractivity (Wildman–Crippen MR) is 79.4 cm³/mol. The van der Waals surface area contributed by atoms with Crippen LogP contribution in [-0.4, -0.2) is 33.4 Å². The first kappa shape index (κ1) is 16.1. The van der Waals surface area contributed by atoms with Gasteiger partial charge in [0, 0.05) is 17.0 Å². The average molecular weight is 333 g/mol. The van der Waals surface area contributed by atoms with Gasteiger partial charge in [0.2, 0.25) is 0 Å². The fourth-order valence-corrected chi connectivity index (χ4v) is 3.84. The van der Waals surface area contributed by atoms with E-state index in [1.165, 1.54) is 14.0 Å². The SMILES string of the molecule is COC(=O)CC(C)S(=O)(=O)Cc1cc(Cl)cc2c1OCC2. The van der Waals surface area contributed by atoms with Crippen molar-refractivity contribution in [2.24, 2.45) is 0 Å². The molecule has 0 saturated carbocycles. The Hall–Kier alpha value is -1.27. The van der Waals surface area contributed by atoms with E-state index in [1.54, 1.807) is 12.1 Å². The van der Waals surface area contributed by atoms with Crippen molar-refractivity contribution in [3.63, 3.8) is 0 Å². The topological polar surface area (TPSA) is 69.7 Å². The second-order valence-electron chi connectivity index (χ2n) is 5.05. The largest absolute Gasteiger partial charge is 0.493 e. The Balaban J connectivity index is 2.23. The molecule has 0 saturated heterocycles. The molecule has 21 heavy (non-hydrogen) atoms. The van der Waals surface area contributed by atoms with Gasteiger partial charge < -0.3 is 9.47 Å². The number of fused-ring (bicyclic) bond motifs is 1. The van der Waals surface area contributed by atoms with Crippen LogP contribution in [0.4, 0.5) is 0 Å². The van der Waals surface area contributed by atoms with E-state index < -0.39 is 21.1 Å². The lowest BCUT2D eigenvalue weighted by molar-refractivity contribution is -0.140. The molecule has 1 unspecified atom stereocenters. The van der Waals surface area contributed by atoms with Gasteiger partial charge in [0.25, 0.3) is 0 Å². The second-order valence-corrected chi connectivity index (χ2v) is 7.91. The molecule has 1 aliphatic rings. The fourth-order valence-electron chi connectivity index (χ4n) is 2.26. The van der Waals surface area contributed by atoms with E-state index in [2.05, 4.69) is 4.74 Å². The summed E-state index contributed by atoms with van der Waals surface area (Å²) in [5, 5.41) is -0.328. The van der Waals surface area contributed by atoms with Crippen LogP contribution in [0.25, 0.3) is 0 Å². The van der Waals surface area contributed by atoms with Crippen LogP contribution < -0.4 is 4.74 Å². The summed E-state index contributed by atoms with van der Waals surface area (Å²) in [5.74, 6) is -0.138. The third kappa shape index (κ3) is 3.68. The first-order valence-electron chi connectivity index (χ1n) is 6.56. The first-order chi connectivity index (χ1) is 9.83. The summed E-state index contributed by atoms with van der Waals surface area (Å²) in [6.07, 6.45) is 0.559. The van der Waals surface area contributed by atoms with Crippen LogP contribution in [0, 0.1) is 0 Å². The van der Waals surface area contributed by atoms with Crippen LogP contribution in [-0.2, 0) is 31.5 Å². The van der Waals surface area contributed by atoms with Crippen LogP contribution in [0.2, 0.25) is 5.02 Å². The standard InChI is InChI=1S/C14H17ClO5S/c1-9(5-13(16)19-2)21(17,18)8-11-7-12(15)6-10-3-4-20-14(10)11/h6-7,9H,3-5,8H2,1-2H3. The predicted octanol–water partition coefficient (Wildman–Crippen LogP) is 2.14. The van der Waals surface area contributed by atoms with Crippen molar-refractivity contribution in [3.05, 3.63) is 28.3 Å². The third-order valence-corrected chi connectivity index (χ3v) is 5.80. The number of rotatable bonds is 5. The summed E-state index contributed by atoms with van der Waals surface area (Å²) in [6, 6.07) is 3.39. The van der Waals surface area contributed by atoms with Gasteiger partial charge in [-0.15, -0.1) is 0 Å². The van der Waals surface area contributed by atoms with Crippen molar-refractivity contribution in [2.75, 3.05) is 13.7 Å². The minimum absolute atomic E-state index is 0.164. The maximum Gasteiger partial charge on any atom is 0.306 e. The summed E-state index contributed by atoms with van der Waals surface area (Å²) < 4.78 is 34.7. The smallest absolute Gasteiger partial charge is 0.306 e. The molecular weight excluding hydrogens is 316 g/mol. The molecule has 0 aromatic heterocycles. The van der Waals surface area contributed by atoms with Crippen molar-refractivity contribution >= 4 is 27.4 Å². The molecule has 0 amide bonds. The van der Waals surface area contributed by atoms with Crippen molar-refractivity contribution in [1.29, 1.82) is 0 Å². The highest BCUT2D eigenvalue weighted by Crippen LogP contribution is 2.34. The van der Waals surface area contributed by atoms with E-state index in [0.717, 1.165) is 12.0 Å². The molecule has 0 spiro atoms.